The van der Waals surface area contributed by atoms with E-state index in [0.29, 0.717) is 6.54 Å². The minimum absolute atomic E-state index is 0.0468. The Morgan fingerprint density at radius 1 is 1.21 bits per heavy atom. The number of nitrogens with two attached hydrogens (primary N) is 1. The topological polar surface area (TPSA) is 66.5 Å². The van der Waals surface area contributed by atoms with Crippen LogP contribution in [0.15, 0.2) is 18.2 Å². The first-order valence-electron chi connectivity index (χ1n) is 4.90. The Morgan fingerprint density at radius 2 is 1.93 bits per heavy atom. The lowest BCUT2D eigenvalue weighted by Gasteiger charge is -2.41. The molecule has 4 N–H and O–H groups in total. The zero-order valence-corrected chi connectivity index (χ0v) is 8.03. The molecular weight excluding hydrogens is 178 g/mol. The van der Waals surface area contributed by atoms with Crippen LogP contribution in [0.3, 0.4) is 0 Å². The molecule has 0 bridgehead atoms. The fourth-order valence-electron chi connectivity index (χ4n) is 2.07. The van der Waals surface area contributed by atoms with Crippen LogP contribution < -0.4 is 5.73 Å². The monoisotopic (exact) mass is 193 g/mol. The lowest BCUT2D eigenvalue weighted by molar-refractivity contribution is 0.252. The Labute approximate surface area is 83.2 Å². The Morgan fingerprint density at radius 3 is 2.36 bits per heavy atom. The molecular formula is C11H15NO2. The Bertz CT molecular complexity index is 340. The molecule has 0 unspecified atom stereocenters. The highest BCUT2D eigenvalue weighted by molar-refractivity contribution is 5.44. The fourth-order valence-corrected chi connectivity index (χ4v) is 2.07. The molecule has 0 amide bonds. The fraction of sp³-hybridized carbons (Fsp3) is 0.455. The lowest BCUT2D eigenvalue weighted by atomic mass is 9.64. The first-order valence-corrected chi connectivity index (χ1v) is 4.90. The molecule has 3 nitrogen and oxygen atoms in total. The summed E-state index contributed by atoms with van der Waals surface area (Å²) in [5, 5.41) is 18.6. The number of rotatable bonds is 2. The number of hydrogen-bond donors (Lipinski definition) is 3. The van der Waals surface area contributed by atoms with Crippen molar-refractivity contribution in [2.45, 2.75) is 24.7 Å². The van der Waals surface area contributed by atoms with Crippen molar-refractivity contribution in [3.8, 4) is 11.5 Å². The van der Waals surface area contributed by atoms with E-state index in [0.717, 1.165) is 18.4 Å². The quantitative estimate of drug-likeness (QED) is 0.623. The second-order valence-electron chi connectivity index (χ2n) is 4.04. The number of phenolic OH excluding ortho intramolecular Hbond substituents is 2. The molecule has 1 saturated carbocycles. The van der Waals surface area contributed by atoms with Crippen LogP contribution >= 0.6 is 0 Å². The third-order valence-corrected chi connectivity index (χ3v) is 3.29. The van der Waals surface area contributed by atoms with E-state index in [1.165, 1.54) is 12.5 Å². The molecule has 1 aliphatic rings. The molecule has 0 spiro atoms. The van der Waals surface area contributed by atoms with E-state index in [1.54, 1.807) is 6.07 Å². The summed E-state index contributed by atoms with van der Waals surface area (Å²) in [5.74, 6) is -0.123. The lowest BCUT2D eigenvalue weighted by Crippen LogP contribution is -2.41. The average molecular weight is 193 g/mol. The summed E-state index contributed by atoms with van der Waals surface area (Å²) in [7, 11) is 0. The van der Waals surface area contributed by atoms with Crippen LogP contribution in [0.25, 0.3) is 0 Å². The van der Waals surface area contributed by atoms with Gasteiger partial charge in [-0.15, -0.1) is 0 Å². The number of hydrogen-bond acceptors (Lipinski definition) is 3. The summed E-state index contributed by atoms with van der Waals surface area (Å²) in [6.45, 7) is 0.608. The third kappa shape index (κ3) is 1.24. The van der Waals surface area contributed by atoms with E-state index in [4.69, 9.17) is 5.73 Å². The van der Waals surface area contributed by atoms with Crippen molar-refractivity contribution in [2.24, 2.45) is 5.73 Å². The maximum absolute atomic E-state index is 9.39. The Hall–Kier alpha value is -1.22. The van der Waals surface area contributed by atoms with Crippen LogP contribution in [0, 0.1) is 0 Å². The van der Waals surface area contributed by atoms with Gasteiger partial charge in [0.1, 0.15) is 0 Å². The van der Waals surface area contributed by atoms with Gasteiger partial charge in [-0.3, -0.25) is 0 Å². The van der Waals surface area contributed by atoms with Crippen molar-refractivity contribution in [3.63, 3.8) is 0 Å². The van der Waals surface area contributed by atoms with Crippen LogP contribution in [0.5, 0.6) is 11.5 Å². The van der Waals surface area contributed by atoms with Gasteiger partial charge in [0.15, 0.2) is 11.5 Å². The molecule has 1 aromatic carbocycles. The van der Waals surface area contributed by atoms with E-state index < -0.39 is 0 Å². The number of aromatic hydroxyl groups is 2. The smallest absolute Gasteiger partial charge is 0.157 e. The van der Waals surface area contributed by atoms with Crippen LogP contribution in [0.4, 0.5) is 0 Å². The van der Waals surface area contributed by atoms with E-state index in [-0.39, 0.29) is 16.9 Å². The van der Waals surface area contributed by atoms with Crippen molar-refractivity contribution >= 4 is 0 Å². The molecule has 0 radical (unpaired) electrons. The summed E-state index contributed by atoms with van der Waals surface area (Å²) >= 11 is 0. The summed E-state index contributed by atoms with van der Waals surface area (Å²) in [6.07, 6.45) is 3.35. The molecule has 0 atom stereocenters. The van der Waals surface area contributed by atoms with Crippen LogP contribution in [-0.4, -0.2) is 16.8 Å². The van der Waals surface area contributed by atoms with Crippen LogP contribution in [0.1, 0.15) is 24.8 Å². The number of benzene rings is 1. The van der Waals surface area contributed by atoms with E-state index >= 15 is 0 Å². The zero-order chi connectivity index (χ0) is 10.2. The van der Waals surface area contributed by atoms with Gasteiger partial charge in [-0.25, -0.2) is 0 Å². The normalized spacial score (nSPS) is 18.9. The molecule has 0 saturated heterocycles. The summed E-state index contributed by atoms with van der Waals surface area (Å²) in [4.78, 5) is 0. The standard InChI is InChI=1S/C11H15NO2/c12-7-11(4-1-5-11)8-2-3-9(13)10(14)6-8/h2-3,6,13-14H,1,4-5,7,12H2. The maximum Gasteiger partial charge on any atom is 0.157 e. The largest absolute Gasteiger partial charge is 0.504 e. The zero-order valence-electron chi connectivity index (χ0n) is 8.03. The summed E-state index contributed by atoms with van der Waals surface area (Å²) in [5.41, 5.74) is 6.83. The van der Waals surface area contributed by atoms with E-state index in [1.807, 2.05) is 6.07 Å². The van der Waals surface area contributed by atoms with Crippen molar-refractivity contribution in [3.05, 3.63) is 23.8 Å². The minimum atomic E-state index is -0.0692. The highest BCUT2D eigenvalue weighted by Gasteiger charge is 2.37. The van der Waals surface area contributed by atoms with Gasteiger partial charge < -0.3 is 15.9 Å². The Balaban J connectivity index is 2.36. The number of phenols is 2. The molecule has 3 heteroatoms. The maximum atomic E-state index is 9.39. The van der Waals surface area contributed by atoms with Gasteiger partial charge in [-0.05, 0) is 30.5 Å². The third-order valence-electron chi connectivity index (χ3n) is 3.29. The first-order chi connectivity index (χ1) is 6.68. The average Bonchev–Trinajstić information content (AvgIpc) is 2.10. The summed E-state index contributed by atoms with van der Waals surface area (Å²) in [6, 6.07) is 5.00. The second kappa shape index (κ2) is 3.17. The van der Waals surface area contributed by atoms with Gasteiger partial charge in [0.25, 0.3) is 0 Å². The van der Waals surface area contributed by atoms with Gasteiger partial charge in [-0.2, -0.15) is 0 Å². The molecule has 76 valence electrons. The molecule has 2 rings (SSSR count). The predicted octanol–water partition coefficient (Wildman–Crippen LogP) is 1.48. The van der Waals surface area contributed by atoms with Gasteiger partial charge in [-0.1, -0.05) is 12.5 Å². The van der Waals surface area contributed by atoms with Crippen molar-refractivity contribution < 1.29 is 10.2 Å². The van der Waals surface area contributed by atoms with Gasteiger partial charge in [0.05, 0.1) is 0 Å². The predicted molar refractivity (Wildman–Crippen MR) is 54.4 cm³/mol. The van der Waals surface area contributed by atoms with E-state index in [9.17, 15) is 10.2 Å². The summed E-state index contributed by atoms with van der Waals surface area (Å²) < 4.78 is 0. The first kappa shape index (κ1) is 9.34. The highest BCUT2D eigenvalue weighted by atomic mass is 16.3. The highest BCUT2D eigenvalue weighted by Crippen LogP contribution is 2.44. The Kier molecular flexibility index (Phi) is 2.11. The molecule has 0 aromatic heterocycles. The van der Waals surface area contributed by atoms with Crippen molar-refractivity contribution in [1.82, 2.24) is 0 Å². The van der Waals surface area contributed by atoms with Gasteiger partial charge in [0.2, 0.25) is 0 Å². The minimum Gasteiger partial charge on any atom is -0.504 e. The van der Waals surface area contributed by atoms with Crippen LogP contribution in [-0.2, 0) is 5.41 Å². The molecule has 0 aliphatic heterocycles. The van der Waals surface area contributed by atoms with Crippen LogP contribution in [0.2, 0.25) is 0 Å². The van der Waals surface area contributed by atoms with E-state index in [2.05, 4.69) is 0 Å². The molecule has 14 heavy (non-hydrogen) atoms. The molecule has 1 aliphatic carbocycles. The molecule has 1 fully saturated rings. The molecule has 1 aromatic rings. The van der Waals surface area contributed by atoms with Crippen molar-refractivity contribution in [2.75, 3.05) is 6.54 Å². The van der Waals surface area contributed by atoms with Gasteiger partial charge in [0, 0.05) is 12.0 Å². The SMILES string of the molecule is NCC1(c2ccc(O)c(O)c2)CCC1. The van der Waals surface area contributed by atoms with Crippen molar-refractivity contribution in [1.29, 1.82) is 0 Å². The van der Waals surface area contributed by atoms with Gasteiger partial charge >= 0.3 is 0 Å². The molecule has 0 heterocycles. The second-order valence-corrected chi connectivity index (χ2v) is 4.04.